The molecule has 120 valence electrons. The van der Waals surface area contributed by atoms with Gasteiger partial charge in [-0.05, 0) is 17.7 Å². The number of ether oxygens (including phenoxy) is 1. The molecule has 1 heterocycles. The molecule has 7 heteroatoms. The average molecular weight is 317 g/mol. The van der Waals surface area contributed by atoms with Crippen molar-refractivity contribution in [1.82, 2.24) is 4.57 Å². The van der Waals surface area contributed by atoms with Crippen LogP contribution in [0, 0.1) is 0 Å². The topological polar surface area (TPSA) is 83.8 Å². The summed E-state index contributed by atoms with van der Waals surface area (Å²) in [7, 11) is 2.52. The van der Waals surface area contributed by atoms with E-state index in [0.717, 1.165) is 10.1 Å². The smallest absolute Gasteiger partial charge is 0.389 e. The molecule has 2 rings (SSSR count). The van der Waals surface area contributed by atoms with Gasteiger partial charge in [-0.25, -0.2) is 9.59 Å². The molecule has 0 atom stereocenters. The Labute approximate surface area is 131 Å². The van der Waals surface area contributed by atoms with E-state index in [1.54, 1.807) is 0 Å². The van der Waals surface area contributed by atoms with Gasteiger partial charge in [-0.2, -0.15) is 4.89 Å². The minimum Gasteiger partial charge on any atom is -0.465 e. The van der Waals surface area contributed by atoms with Crippen molar-refractivity contribution < 1.29 is 24.1 Å². The van der Waals surface area contributed by atoms with Crippen molar-refractivity contribution in [3.8, 4) is 0 Å². The number of carbonyl (C=O) groups excluding carboxylic acids is 2. The number of benzene rings is 1. The molecule has 0 spiro atoms. The van der Waals surface area contributed by atoms with Crippen molar-refractivity contribution in [3.05, 3.63) is 69.6 Å². The van der Waals surface area contributed by atoms with Crippen LogP contribution in [0.4, 0.5) is 0 Å². The van der Waals surface area contributed by atoms with Gasteiger partial charge in [-0.3, -0.25) is 9.68 Å². The molecule has 0 bridgehead atoms. The first-order valence-electron chi connectivity index (χ1n) is 6.70. The maximum Gasteiger partial charge on any atom is 0.389 e. The number of methoxy groups -OCH3 is 1. The second kappa shape index (κ2) is 7.37. The predicted molar refractivity (Wildman–Crippen MR) is 79.7 cm³/mol. The second-order valence-electron chi connectivity index (χ2n) is 4.61. The summed E-state index contributed by atoms with van der Waals surface area (Å²) < 4.78 is 5.49. The molecular formula is C16H15NO6. The summed E-state index contributed by atoms with van der Waals surface area (Å²) >= 11 is 0. The first-order valence-corrected chi connectivity index (χ1v) is 6.70. The maximum atomic E-state index is 12.0. The fourth-order valence-corrected chi connectivity index (χ4v) is 1.87. The normalized spacial score (nSPS) is 10.2. The van der Waals surface area contributed by atoms with Crippen LogP contribution in [-0.4, -0.2) is 23.6 Å². The molecule has 0 saturated carbocycles. The van der Waals surface area contributed by atoms with E-state index < -0.39 is 17.5 Å². The Morgan fingerprint density at radius 1 is 1.04 bits per heavy atom. The van der Waals surface area contributed by atoms with Gasteiger partial charge < -0.3 is 9.30 Å². The Bertz CT molecular complexity index is 766. The zero-order valence-electron chi connectivity index (χ0n) is 12.6. The minimum absolute atomic E-state index is 0.0456. The van der Waals surface area contributed by atoms with Crippen LogP contribution >= 0.6 is 0 Å². The standard InChI is InChI=1S/C16H15NO6/c1-17-13(9-8-12(14(17)18)15(19)21-2)16(20)23-22-10-11-6-4-3-5-7-11/h3-9H,10H2,1-2H3. The molecule has 0 unspecified atom stereocenters. The molecule has 7 nitrogen and oxygen atoms in total. The fourth-order valence-electron chi connectivity index (χ4n) is 1.87. The highest BCUT2D eigenvalue weighted by Crippen LogP contribution is 2.05. The molecule has 0 amide bonds. The van der Waals surface area contributed by atoms with Gasteiger partial charge in [0.25, 0.3) is 5.56 Å². The van der Waals surface area contributed by atoms with Crippen LogP contribution in [0.1, 0.15) is 26.4 Å². The number of esters is 1. The van der Waals surface area contributed by atoms with Crippen LogP contribution in [0.25, 0.3) is 0 Å². The van der Waals surface area contributed by atoms with E-state index in [-0.39, 0.29) is 17.9 Å². The first-order chi connectivity index (χ1) is 11.0. The van der Waals surface area contributed by atoms with Gasteiger partial charge in [0.1, 0.15) is 17.9 Å². The Morgan fingerprint density at radius 2 is 1.74 bits per heavy atom. The van der Waals surface area contributed by atoms with E-state index >= 15 is 0 Å². The van der Waals surface area contributed by atoms with Crippen LogP contribution in [0.15, 0.2) is 47.3 Å². The Balaban J connectivity index is 2.06. The lowest BCUT2D eigenvalue weighted by atomic mass is 10.2. The minimum atomic E-state index is -0.836. The van der Waals surface area contributed by atoms with Crippen LogP contribution in [0.2, 0.25) is 0 Å². The first kappa shape index (κ1) is 16.4. The molecule has 23 heavy (non-hydrogen) atoms. The molecule has 0 radical (unpaired) electrons. The number of nitrogens with zero attached hydrogens (tertiary/aromatic N) is 1. The monoisotopic (exact) mass is 317 g/mol. The number of hydrogen-bond acceptors (Lipinski definition) is 6. The third-order valence-corrected chi connectivity index (χ3v) is 3.12. The van der Waals surface area contributed by atoms with Gasteiger partial charge in [0.2, 0.25) is 0 Å². The van der Waals surface area contributed by atoms with Crippen molar-refractivity contribution in [2.24, 2.45) is 7.05 Å². The number of rotatable bonds is 5. The number of pyridine rings is 1. The van der Waals surface area contributed by atoms with Crippen molar-refractivity contribution in [1.29, 1.82) is 0 Å². The number of carbonyl (C=O) groups is 2. The second-order valence-corrected chi connectivity index (χ2v) is 4.61. The number of aromatic nitrogens is 1. The third-order valence-electron chi connectivity index (χ3n) is 3.12. The molecule has 0 aliphatic carbocycles. The Morgan fingerprint density at radius 3 is 2.39 bits per heavy atom. The summed E-state index contributed by atoms with van der Waals surface area (Å²) in [5.41, 5.74) is -0.0444. The molecule has 1 aromatic carbocycles. The van der Waals surface area contributed by atoms with Crippen molar-refractivity contribution in [2.75, 3.05) is 7.11 Å². The van der Waals surface area contributed by atoms with Gasteiger partial charge in [-0.1, -0.05) is 30.3 Å². The highest BCUT2D eigenvalue weighted by atomic mass is 17.2. The van der Waals surface area contributed by atoms with Gasteiger partial charge in [0.05, 0.1) is 7.11 Å². The summed E-state index contributed by atoms with van der Waals surface area (Å²) in [4.78, 5) is 44.9. The molecular weight excluding hydrogens is 302 g/mol. The van der Waals surface area contributed by atoms with E-state index in [9.17, 15) is 14.4 Å². The van der Waals surface area contributed by atoms with Crippen molar-refractivity contribution in [2.45, 2.75) is 6.61 Å². The van der Waals surface area contributed by atoms with Gasteiger partial charge >= 0.3 is 11.9 Å². The summed E-state index contributed by atoms with van der Waals surface area (Å²) in [5, 5.41) is 0. The van der Waals surface area contributed by atoms with Crippen LogP contribution in [0.5, 0.6) is 0 Å². The highest BCUT2D eigenvalue weighted by molar-refractivity contribution is 5.91. The summed E-state index contributed by atoms with van der Waals surface area (Å²) in [6.45, 7) is 0.0841. The van der Waals surface area contributed by atoms with Gasteiger partial charge in [0, 0.05) is 7.05 Å². The molecule has 0 N–H and O–H groups in total. The van der Waals surface area contributed by atoms with Crippen LogP contribution in [-0.2, 0) is 28.2 Å². The quantitative estimate of drug-likeness (QED) is 0.471. The predicted octanol–water partition coefficient (Wildman–Crippen LogP) is 1.46. The molecule has 0 aliphatic rings. The Kier molecular flexibility index (Phi) is 5.27. The molecule has 0 fully saturated rings. The van der Waals surface area contributed by atoms with Crippen molar-refractivity contribution >= 4 is 11.9 Å². The third kappa shape index (κ3) is 3.83. The molecule has 0 aliphatic heterocycles. The van der Waals surface area contributed by atoms with Gasteiger partial charge in [-0.15, -0.1) is 0 Å². The van der Waals surface area contributed by atoms with Crippen LogP contribution in [0.3, 0.4) is 0 Å². The SMILES string of the molecule is COC(=O)c1ccc(C(=O)OOCc2ccccc2)n(C)c1=O. The van der Waals surface area contributed by atoms with E-state index in [4.69, 9.17) is 4.89 Å². The highest BCUT2D eigenvalue weighted by Gasteiger charge is 2.18. The van der Waals surface area contributed by atoms with E-state index in [1.807, 2.05) is 30.3 Å². The average Bonchev–Trinajstić information content (AvgIpc) is 2.57. The zero-order valence-corrected chi connectivity index (χ0v) is 12.6. The van der Waals surface area contributed by atoms with Crippen molar-refractivity contribution in [3.63, 3.8) is 0 Å². The fraction of sp³-hybridized carbons (Fsp3) is 0.188. The summed E-state index contributed by atoms with van der Waals surface area (Å²) in [6.07, 6.45) is 0. The zero-order chi connectivity index (χ0) is 16.8. The van der Waals surface area contributed by atoms with Gasteiger partial charge in [0.15, 0.2) is 0 Å². The number of hydrogen-bond donors (Lipinski definition) is 0. The lowest BCUT2D eigenvalue weighted by Gasteiger charge is -2.08. The summed E-state index contributed by atoms with van der Waals surface area (Å²) in [6, 6.07) is 11.6. The molecule has 2 aromatic rings. The van der Waals surface area contributed by atoms with Crippen LogP contribution < -0.4 is 5.56 Å². The Hall–Kier alpha value is -2.93. The molecule has 1 aromatic heterocycles. The summed E-state index contributed by atoms with van der Waals surface area (Å²) in [5.74, 6) is -1.61. The maximum absolute atomic E-state index is 12.0. The lowest BCUT2D eigenvalue weighted by molar-refractivity contribution is -0.251. The molecule has 0 saturated heterocycles. The van der Waals surface area contributed by atoms with E-state index in [0.29, 0.717) is 0 Å². The largest absolute Gasteiger partial charge is 0.465 e. The van der Waals surface area contributed by atoms with E-state index in [1.165, 1.54) is 26.3 Å². The van der Waals surface area contributed by atoms with E-state index in [2.05, 4.69) is 9.62 Å². The lowest BCUT2D eigenvalue weighted by Crippen LogP contribution is -2.29.